The number of hydrogen-bond donors (Lipinski definition) is 1. The van der Waals surface area contributed by atoms with Gasteiger partial charge in [0, 0.05) is 36.1 Å². The molecule has 110 valence electrons. The molecule has 0 amide bonds. The first-order valence-corrected chi connectivity index (χ1v) is 7.57. The summed E-state index contributed by atoms with van der Waals surface area (Å²) in [7, 11) is 0. The maximum atomic E-state index is 6.01. The maximum absolute atomic E-state index is 6.01. The molecule has 1 aliphatic carbocycles. The fourth-order valence-electron chi connectivity index (χ4n) is 2.39. The summed E-state index contributed by atoms with van der Waals surface area (Å²) in [5.74, 6) is 0.968. The van der Waals surface area contributed by atoms with Gasteiger partial charge < -0.3 is 10.1 Å². The molecule has 0 aliphatic heterocycles. The molecule has 1 saturated carbocycles. The molecule has 1 N–H and O–H groups in total. The van der Waals surface area contributed by atoms with Crippen LogP contribution < -0.4 is 10.1 Å². The van der Waals surface area contributed by atoms with E-state index >= 15 is 0 Å². The third kappa shape index (κ3) is 4.05. The van der Waals surface area contributed by atoms with Gasteiger partial charge in [-0.15, -0.1) is 0 Å². The van der Waals surface area contributed by atoms with E-state index < -0.39 is 0 Å². The van der Waals surface area contributed by atoms with Crippen LogP contribution in [0.2, 0.25) is 0 Å². The average molecular weight is 282 g/mol. The molecular weight excluding hydrogens is 260 g/mol. The van der Waals surface area contributed by atoms with Crippen LogP contribution in [0.5, 0.6) is 5.75 Å². The van der Waals surface area contributed by atoms with Crippen LogP contribution in [0.15, 0.2) is 36.7 Å². The second kappa shape index (κ2) is 6.27. The first kappa shape index (κ1) is 14.1. The van der Waals surface area contributed by atoms with E-state index in [-0.39, 0.29) is 0 Å². The lowest BCUT2D eigenvalue weighted by Gasteiger charge is -2.13. The van der Waals surface area contributed by atoms with E-state index in [1.807, 2.05) is 19.3 Å². The summed E-state index contributed by atoms with van der Waals surface area (Å²) in [6, 6.07) is 9.20. The van der Waals surface area contributed by atoms with Crippen LogP contribution in [-0.2, 0) is 13.2 Å². The van der Waals surface area contributed by atoms with Crippen LogP contribution in [-0.4, -0.2) is 11.0 Å². The number of ether oxygens (including phenoxy) is 1. The molecule has 1 aliphatic rings. The predicted molar refractivity (Wildman–Crippen MR) is 84.3 cm³/mol. The van der Waals surface area contributed by atoms with E-state index in [2.05, 4.69) is 41.5 Å². The lowest BCUT2D eigenvalue weighted by molar-refractivity contribution is 0.301. The number of pyridine rings is 1. The standard InChI is InChI=1S/C18H22N2O/c1-13-3-6-18(16(8-13)11-20-17-4-5-17)21-12-15-7-14(2)9-19-10-15/h3,6-10,17,20H,4-5,11-12H2,1-2H3. The number of nitrogens with one attached hydrogen (secondary N) is 1. The summed E-state index contributed by atoms with van der Waals surface area (Å²) < 4.78 is 6.01. The van der Waals surface area contributed by atoms with Crippen molar-refractivity contribution in [3.8, 4) is 5.75 Å². The monoisotopic (exact) mass is 282 g/mol. The third-order valence-electron chi connectivity index (χ3n) is 3.70. The Balaban J connectivity index is 1.68. The molecular formula is C18H22N2O. The second-order valence-corrected chi connectivity index (χ2v) is 5.93. The Hall–Kier alpha value is -1.87. The Morgan fingerprint density at radius 1 is 1.14 bits per heavy atom. The molecule has 21 heavy (non-hydrogen) atoms. The van der Waals surface area contributed by atoms with E-state index in [0.717, 1.165) is 23.4 Å². The molecule has 0 bridgehead atoms. The van der Waals surface area contributed by atoms with Crippen LogP contribution in [0.3, 0.4) is 0 Å². The van der Waals surface area contributed by atoms with E-state index in [9.17, 15) is 0 Å². The van der Waals surface area contributed by atoms with Crippen LogP contribution in [0, 0.1) is 13.8 Å². The van der Waals surface area contributed by atoms with Crippen molar-refractivity contribution in [1.82, 2.24) is 10.3 Å². The molecule has 1 aromatic heterocycles. The van der Waals surface area contributed by atoms with Crippen molar-refractivity contribution in [2.24, 2.45) is 0 Å². The van der Waals surface area contributed by atoms with Crippen molar-refractivity contribution >= 4 is 0 Å². The summed E-state index contributed by atoms with van der Waals surface area (Å²) in [6.45, 7) is 5.62. The zero-order chi connectivity index (χ0) is 14.7. The first-order chi connectivity index (χ1) is 10.2. The minimum absolute atomic E-state index is 0.564. The van der Waals surface area contributed by atoms with Crippen molar-refractivity contribution in [1.29, 1.82) is 0 Å². The molecule has 1 heterocycles. The van der Waals surface area contributed by atoms with Crippen LogP contribution >= 0.6 is 0 Å². The Labute approximate surface area is 126 Å². The van der Waals surface area contributed by atoms with Gasteiger partial charge in [-0.25, -0.2) is 0 Å². The Kier molecular flexibility index (Phi) is 4.20. The van der Waals surface area contributed by atoms with E-state index in [0.29, 0.717) is 12.6 Å². The molecule has 3 heteroatoms. The Bertz CT molecular complexity index is 620. The summed E-state index contributed by atoms with van der Waals surface area (Å²) in [4.78, 5) is 4.21. The van der Waals surface area contributed by atoms with Gasteiger partial charge in [-0.05, 0) is 44.4 Å². The SMILES string of the molecule is Cc1cncc(COc2ccc(C)cc2CNC2CC2)c1. The quantitative estimate of drug-likeness (QED) is 0.880. The molecule has 1 fully saturated rings. The number of hydrogen-bond acceptors (Lipinski definition) is 3. The van der Waals surface area contributed by atoms with Gasteiger partial charge >= 0.3 is 0 Å². The molecule has 2 aromatic rings. The molecule has 3 nitrogen and oxygen atoms in total. The van der Waals surface area contributed by atoms with Crippen molar-refractivity contribution < 1.29 is 4.74 Å². The molecule has 0 spiro atoms. The molecule has 0 unspecified atom stereocenters. The highest BCUT2D eigenvalue weighted by Crippen LogP contribution is 2.24. The van der Waals surface area contributed by atoms with Gasteiger partial charge in [0.15, 0.2) is 0 Å². The molecule has 0 saturated heterocycles. The fraction of sp³-hybridized carbons (Fsp3) is 0.389. The molecule has 3 rings (SSSR count). The Morgan fingerprint density at radius 3 is 2.76 bits per heavy atom. The Morgan fingerprint density at radius 2 is 2.00 bits per heavy atom. The van der Waals surface area contributed by atoms with E-state index in [4.69, 9.17) is 4.74 Å². The van der Waals surface area contributed by atoms with Gasteiger partial charge in [0.2, 0.25) is 0 Å². The zero-order valence-corrected chi connectivity index (χ0v) is 12.7. The van der Waals surface area contributed by atoms with Gasteiger partial charge in [-0.2, -0.15) is 0 Å². The number of benzene rings is 1. The average Bonchev–Trinajstić information content (AvgIpc) is 3.28. The van der Waals surface area contributed by atoms with Crippen molar-refractivity contribution in [2.45, 2.75) is 45.9 Å². The largest absolute Gasteiger partial charge is 0.489 e. The minimum atomic E-state index is 0.564. The topological polar surface area (TPSA) is 34.1 Å². The summed E-state index contributed by atoms with van der Waals surface area (Å²) in [6.07, 6.45) is 6.33. The summed E-state index contributed by atoms with van der Waals surface area (Å²) in [5, 5.41) is 3.56. The molecule has 1 aromatic carbocycles. The van der Waals surface area contributed by atoms with Crippen molar-refractivity contribution in [2.75, 3.05) is 0 Å². The van der Waals surface area contributed by atoms with Crippen LogP contribution in [0.1, 0.15) is 35.1 Å². The highest BCUT2D eigenvalue weighted by atomic mass is 16.5. The second-order valence-electron chi connectivity index (χ2n) is 5.93. The molecule has 0 atom stereocenters. The third-order valence-corrected chi connectivity index (χ3v) is 3.70. The fourth-order valence-corrected chi connectivity index (χ4v) is 2.39. The smallest absolute Gasteiger partial charge is 0.124 e. The van der Waals surface area contributed by atoms with Gasteiger partial charge in [-0.3, -0.25) is 4.98 Å². The summed E-state index contributed by atoms with van der Waals surface area (Å²) in [5.41, 5.74) is 4.78. The van der Waals surface area contributed by atoms with Gasteiger partial charge in [0.25, 0.3) is 0 Å². The molecule has 0 radical (unpaired) electrons. The maximum Gasteiger partial charge on any atom is 0.124 e. The summed E-state index contributed by atoms with van der Waals surface area (Å²) >= 11 is 0. The van der Waals surface area contributed by atoms with Gasteiger partial charge in [-0.1, -0.05) is 17.7 Å². The normalized spacial score (nSPS) is 14.2. The lowest BCUT2D eigenvalue weighted by atomic mass is 10.1. The predicted octanol–water partition coefficient (Wildman–Crippen LogP) is 3.53. The van der Waals surface area contributed by atoms with Crippen LogP contribution in [0.4, 0.5) is 0 Å². The number of rotatable bonds is 6. The lowest BCUT2D eigenvalue weighted by Crippen LogP contribution is -2.16. The minimum Gasteiger partial charge on any atom is -0.489 e. The highest BCUT2D eigenvalue weighted by molar-refractivity contribution is 5.37. The number of aryl methyl sites for hydroxylation is 2. The van der Waals surface area contributed by atoms with E-state index in [1.165, 1.54) is 24.0 Å². The number of aromatic nitrogens is 1. The highest BCUT2D eigenvalue weighted by Gasteiger charge is 2.20. The van der Waals surface area contributed by atoms with Crippen LogP contribution in [0.25, 0.3) is 0 Å². The van der Waals surface area contributed by atoms with Crippen molar-refractivity contribution in [3.05, 3.63) is 58.9 Å². The van der Waals surface area contributed by atoms with Gasteiger partial charge in [0.1, 0.15) is 12.4 Å². The van der Waals surface area contributed by atoms with E-state index in [1.54, 1.807) is 0 Å². The van der Waals surface area contributed by atoms with Crippen molar-refractivity contribution in [3.63, 3.8) is 0 Å². The first-order valence-electron chi connectivity index (χ1n) is 7.57. The number of nitrogens with zero attached hydrogens (tertiary/aromatic N) is 1. The van der Waals surface area contributed by atoms with Gasteiger partial charge in [0.05, 0.1) is 0 Å². The zero-order valence-electron chi connectivity index (χ0n) is 12.7.